The van der Waals surface area contributed by atoms with Crippen molar-refractivity contribution in [1.29, 1.82) is 0 Å². The molecule has 0 spiro atoms. The van der Waals surface area contributed by atoms with Crippen LogP contribution in [0.2, 0.25) is 0 Å². The van der Waals surface area contributed by atoms with Crippen LogP contribution in [0.3, 0.4) is 0 Å². The van der Waals surface area contributed by atoms with Crippen LogP contribution in [0.4, 0.5) is 0 Å². The number of rotatable bonds is 7. The van der Waals surface area contributed by atoms with Gasteiger partial charge in [-0.25, -0.2) is 0 Å². The second-order valence-electron chi connectivity index (χ2n) is 7.43. The molecule has 0 aliphatic rings. The summed E-state index contributed by atoms with van der Waals surface area (Å²) >= 11 is 0. The third kappa shape index (κ3) is 5.93. The van der Waals surface area contributed by atoms with Crippen LogP contribution in [-0.2, 0) is 0 Å². The molecule has 4 rings (SSSR count). The fraction of sp³-hybridized carbons (Fsp3) is 0. The van der Waals surface area contributed by atoms with Crippen LogP contribution in [-0.4, -0.2) is 0 Å². The van der Waals surface area contributed by atoms with Crippen molar-refractivity contribution in [3.63, 3.8) is 0 Å². The summed E-state index contributed by atoms with van der Waals surface area (Å²) in [6.45, 7) is 0. The summed E-state index contributed by atoms with van der Waals surface area (Å²) in [4.78, 5) is 0. The summed E-state index contributed by atoms with van der Waals surface area (Å²) < 4.78 is 0. The predicted molar refractivity (Wildman–Crippen MR) is 140 cm³/mol. The smallest absolute Gasteiger partial charge is 0.0105 e. The van der Waals surface area contributed by atoms with Crippen LogP contribution >= 0.6 is 0 Å². The largest absolute Gasteiger partial charge is 0.0622 e. The van der Waals surface area contributed by atoms with E-state index in [0.717, 1.165) is 0 Å². The highest BCUT2D eigenvalue weighted by Gasteiger charge is 2.09. The van der Waals surface area contributed by atoms with E-state index in [-0.39, 0.29) is 0 Å². The first kappa shape index (κ1) is 21.1. The molecule has 32 heavy (non-hydrogen) atoms. The zero-order chi connectivity index (χ0) is 21.8. The van der Waals surface area contributed by atoms with Crippen molar-refractivity contribution in [3.05, 3.63) is 168 Å². The maximum atomic E-state index is 2.21. The van der Waals surface area contributed by atoms with Gasteiger partial charge >= 0.3 is 0 Å². The lowest BCUT2D eigenvalue weighted by molar-refractivity contribution is 1.58. The van der Waals surface area contributed by atoms with Crippen LogP contribution in [0.15, 0.2) is 146 Å². The molecular weight excluding hydrogens is 384 g/mol. The van der Waals surface area contributed by atoms with Crippen molar-refractivity contribution in [2.45, 2.75) is 0 Å². The maximum Gasteiger partial charge on any atom is -0.0105 e. The van der Waals surface area contributed by atoms with Crippen LogP contribution in [0.25, 0.3) is 23.3 Å². The van der Waals surface area contributed by atoms with Gasteiger partial charge in [-0.2, -0.15) is 0 Å². The van der Waals surface area contributed by atoms with Crippen molar-refractivity contribution in [1.82, 2.24) is 0 Å². The van der Waals surface area contributed by atoms with Gasteiger partial charge in [-0.05, 0) is 33.4 Å². The first-order valence-corrected chi connectivity index (χ1v) is 10.9. The van der Waals surface area contributed by atoms with Gasteiger partial charge in [0.25, 0.3) is 0 Å². The monoisotopic (exact) mass is 410 g/mol. The first-order chi connectivity index (χ1) is 15.9. The Bertz CT molecular complexity index is 1110. The lowest BCUT2D eigenvalue weighted by Crippen LogP contribution is -1.90. The maximum absolute atomic E-state index is 2.21. The van der Waals surface area contributed by atoms with Gasteiger partial charge in [-0.15, -0.1) is 0 Å². The quantitative estimate of drug-likeness (QED) is 0.268. The third-order valence-electron chi connectivity index (χ3n) is 5.16. The van der Waals surface area contributed by atoms with Crippen LogP contribution in [0, 0.1) is 0 Å². The van der Waals surface area contributed by atoms with Crippen molar-refractivity contribution < 1.29 is 0 Å². The summed E-state index contributed by atoms with van der Waals surface area (Å²) in [5.41, 5.74) is 7.11. The highest BCUT2D eigenvalue weighted by atomic mass is 14.1. The van der Waals surface area contributed by atoms with Crippen LogP contribution < -0.4 is 0 Å². The Morgan fingerprint density at radius 1 is 0.375 bits per heavy atom. The second kappa shape index (κ2) is 11.3. The summed E-state index contributed by atoms with van der Waals surface area (Å²) in [5, 5.41) is 0. The lowest BCUT2D eigenvalue weighted by atomic mass is 9.91. The van der Waals surface area contributed by atoms with E-state index in [0.29, 0.717) is 0 Å². The zero-order valence-corrected chi connectivity index (χ0v) is 18.0. The minimum Gasteiger partial charge on any atom is -0.0622 e. The van der Waals surface area contributed by atoms with E-state index in [4.69, 9.17) is 0 Å². The highest BCUT2D eigenvalue weighted by Crippen LogP contribution is 2.31. The van der Waals surface area contributed by atoms with E-state index in [2.05, 4.69) is 146 Å². The molecule has 0 heterocycles. The fourth-order valence-electron chi connectivity index (χ4n) is 3.56. The molecule has 0 atom stereocenters. The third-order valence-corrected chi connectivity index (χ3v) is 5.16. The van der Waals surface area contributed by atoms with Gasteiger partial charge in [-0.1, -0.05) is 158 Å². The van der Waals surface area contributed by atoms with Gasteiger partial charge in [0.15, 0.2) is 0 Å². The molecule has 0 N–H and O–H groups in total. The number of hydrogen-bond acceptors (Lipinski definition) is 0. The van der Waals surface area contributed by atoms with E-state index in [1.54, 1.807) is 0 Å². The lowest BCUT2D eigenvalue weighted by Gasteiger charge is -2.13. The Balaban J connectivity index is 1.77. The SMILES string of the molecule is C(=C\c1ccccc1)/C=C(/C(=C/C=C/c1ccccc1)c1ccccc1)c1ccccc1. The van der Waals surface area contributed by atoms with E-state index in [9.17, 15) is 0 Å². The van der Waals surface area contributed by atoms with Gasteiger partial charge in [0.1, 0.15) is 0 Å². The molecule has 0 saturated heterocycles. The molecule has 0 unspecified atom stereocenters. The van der Waals surface area contributed by atoms with Crippen molar-refractivity contribution >= 4 is 23.3 Å². The summed E-state index contributed by atoms with van der Waals surface area (Å²) in [6, 6.07) is 41.9. The Labute approximate surface area is 191 Å². The van der Waals surface area contributed by atoms with E-state index >= 15 is 0 Å². The number of hydrogen-bond donors (Lipinski definition) is 0. The Morgan fingerprint density at radius 3 is 1.03 bits per heavy atom. The Morgan fingerprint density at radius 2 is 0.688 bits per heavy atom. The van der Waals surface area contributed by atoms with Gasteiger partial charge in [-0.3, -0.25) is 0 Å². The molecule has 4 aromatic carbocycles. The van der Waals surface area contributed by atoms with Crippen LogP contribution in [0.1, 0.15) is 22.3 Å². The average Bonchev–Trinajstić information content (AvgIpc) is 2.87. The predicted octanol–water partition coefficient (Wildman–Crippen LogP) is 8.58. The molecule has 0 saturated carbocycles. The molecule has 0 aliphatic carbocycles. The minimum atomic E-state index is 1.18. The molecule has 0 aliphatic heterocycles. The minimum absolute atomic E-state index is 1.18. The van der Waals surface area contributed by atoms with E-state index in [1.165, 1.54) is 33.4 Å². The second-order valence-corrected chi connectivity index (χ2v) is 7.43. The zero-order valence-electron chi connectivity index (χ0n) is 18.0. The van der Waals surface area contributed by atoms with Crippen molar-refractivity contribution in [2.24, 2.45) is 0 Å². The molecule has 0 bridgehead atoms. The first-order valence-electron chi connectivity index (χ1n) is 10.9. The van der Waals surface area contributed by atoms with Crippen molar-refractivity contribution in [2.75, 3.05) is 0 Å². The highest BCUT2D eigenvalue weighted by molar-refractivity contribution is 6.06. The molecule has 0 fully saturated rings. The normalized spacial score (nSPS) is 12.5. The summed E-state index contributed by atoms with van der Waals surface area (Å²) in [5.74, 6) is 0. The van der Waals surface area contributed by atoms with Gasteiger partial charge in [0, 0.05) is 0 Å². The van der Waals surface area contributed by atoms with E-state index < -0.39 is 0 Å². The average molecular weight is 411 g/mol. The molecular formula is C32H26. The molecule has 0 amide bonds. The Hall–Kier alpha value is -4.16. The molecule has 4 aromatic rings. The van der Waals surface area contributed by atoms with E-state index in [1.807, 2.05) is 12.1 Å². The van der Waals surface area contributed by atoms with Crippen molar-refractivity contribution in [3.8, 4) is 0 Å². The molecule has 0 aromatic heterocycles. The summed E-state index contributed by atoms with van der Waals surface area (Å²) in [6.07, 6.45) is 13.0. The molecule has 0 radical (unpaired) electrons. The van der Waals surface area contributed by atoms with Gasteiger partial charge in [0.2, 0.25) is 0 Å². The topological polar surface area (TPSA) is 0 Å². The molecule has 0 heteroatoms. The number of allylic oxidation sites excluding steroid dienone is 6. The Kier molecular flexibility index (Phi) is 7.44. The van der Waals surface area contributed by atoms with Gasteiger partial charge in [0.05, 0.1) is 0 Å². The van der Waals surface area contributed by atoms with Gasteiger partial charge < -0.3 is 0 Å². The summed E-state index contributed by atoms with van der Waals surface area (Å²) in [7, 11) is 0. The molecule has 0 nitrogen and oxygen atoms in total. The molecule has 154 valence electrons. The number of benzene rings is 4. The fourth-order valence-corrected chi connectivity index (χ4v) is 3.56. The standard InChI is InChI=1S/C32H26/c1-5-15-27(16-6-1)19-13-25-31(29-21-9-3-10-22-29)32(30-23-11-4-12-24-30)26-14-20-28-17-7-2-8-18-28/h1-26H/b19-13+,20-14+,31-25+,32-26+. The van der Waals surface area contributed by atoms with Crippen LogP contribution in [0.5, 0.6) is 0 Å².